The van der Waals surface area contributed by atoms with E-state index in [1.165, 1.54) is 9.80 Å². The number of benzene rings is 4. The summed E-state index contributed by atoms with van der Waals surface area (Å²) in [7, 11) is 9.48. The Bertz CT molecular complexity index is 1800. The average molecular weight is 743 g/mol. The summed E-state index contributed by atoms with van der Waals surface area (Å²) in [6.07, 6.45) is 1.51. The zero-order valence-electron chi connectivity index (χ0n) is 30.0. The summed E-state index contributed by atoms with van der Waals surface area (Å²) in [6, 6.07) is 17.8. The molecular formula is C36H41Cl2N4Na2O6-. The summed E-state index contributed by atoms with van der Waals surface area (Å²) >= 11 is 6.19. The van der Waals surface area contributed by atoms with Gasteiger partial charge in [0.15, 0.2) is 0 Å². The van der Waals surface area contributed by atoms with Gasteiger partial charge in [0.2, 0.25) is 0 Å². The summed E-state index contributed by atoms with van der Waals surface area (Å²) < 4.78 is 5.35. The van der Waals surface area contributed by atoms with E-state index in [4.69, 9.17) is 16.3 Å². The van der Waals surface area contributed by atoms with E-state index in [9.17, 15) is 19.2 Å². The Morgan fingerprint density at radius 2 is 1.00 bits per heavy atom. The molecule has 2 aliphatic heterocycles. The minimum atomic E-state index is -0.232. The quantitative estimate of drug-likeness (QED) is 0.0997. The van der Waals surface area contributed by atoms with Crippen LogP contribution in [0.2, 0.25) is 5.02 Å². The predicted octanol–water partition coefficient (Wildman–Crippen LogP) is -3.28. The minimum Gasteiger partial charge on any atom is -1.00 e. The minimum absolute atomic E-state index is 0. The van der Waals surface area contributed by atoms with Crippen molar-refractivity contribution in [3.05, 3.63) is 95.4 Å². The van der Waals surface area contributed by atoms with E-state index in [0.717, 1.165) is 36.7 Å². The summed E-state index contributed by atoms with van der Waals surface area (Å²) in [5, 5.41) is 3.49. The Morgan fingerprint density at radius 1 is 0.620 bits per heavy atom. The van der Waals surface area contributed by atoms with Crippen molar-refractivity contribution in [3.63, 3.8) is 0 Å². The van der Waals surface area contributed by atoms with Gasteiger partial charge in [-0.05, 0) is 90.5 Å². The van der Waals surface area contributed by atoms with Gasteiger partial charge in [0.05, 0.1) is 7.11 Å². The van der Waals surface area contributed by atoms with Gasteiger partial charge in [0.1, 0.15) is 5.75 Å². The molecule has 258 valence electrons. The molecule has 10 nitrogen and oxygen atoms in total. The third kappa shape index (κ3) is 9.67. The second-order valence-corrected chi connectivity index (χ2v) is 12.1. The van der Waals surface area contributed by atoms with Crippen LogP contribution in [0, 0.1) is 7.43 Å². The van der Waals surface area contributed by atoms with Gasteiger partial charge < -0.3 is 39.8 Å². The van der Waals surface area contributed by atoms with Crippen LogP contribution in [-0.2, 0) is 0 Å². The van der Waals surface area contributed by atoms with E-state index in [-0.39, 0.29) is 108 Å². The summed E-state index contributed by atoms with van der Waals surface area (Å²) in [5.74, 6) is -0.235. The molecule has 2 heterocycles. The van der Waals surface area contributed by atoms with Crippen molar-refractivity contribution in [1.82, 2.24) is 19.6 Å². The predicted molar refractivity (Wildman–Crippen MR) is 185 cm³/mol. The maximum atomic E-state index is 12.7. The standard InChI is InChI=1S/C18H20N2O3.C17H17ClN2O2.CH3.ClH.2Na.H2O/c1-19(2)10-5-11-20-17(21)13-7-4-6-12-15(23-3)9-8-14(16(12)13)18(20)22;1-19(2)9-4-10-20-16(21)12-6-3-5-11-14(18)8-7-13(15(11)12)17(20)22;;;;;/h4,6-9H,5,10-11H2,1-3H3;3,5-8H,4,9-10H2,1-2H3;1H3;1H;;;1H2/q;;-1;;2*+1;/p-2. The number of carbonyl (C=O) groups excluding carboxylic acids is 4. The Balaban J connectivity index is 0.000000874. The van der Waals surface area contributed by atoms with E-state index in [1.807, 2.05) is 56.2 Å². The van der Waals surface area contributed by atoms with Crippen LogP contribution in [0.25, 0.3) is 21.5 Å². The number of nitrogens with zero attached hydrogens (tertiary/aromatic N) is 4. The molecule has 0 saturated carbocycles. The van der Waals surface area contributed by atoms with Gasteiger partial charge in [-0.15, -0.1) is 0 Å². The Morgan fingerprint density at radius 3 is 1.42 bits per heavy atom. The smallest absolute Gasteiger partial charge is 1.00 e. The number of halogens is 2. The number of hydrogen-bond donors (Lipinski definition) is 0. The molecule has 6 rings (SSSR count). The summed E-state index contributed by atoms with van der Waals surface area (Å²) in [6.45, 7) is 2.51. The Hall–Kier alpha value is -2.06. The molecule has 1 N–H and O–H groups in total. The van der Waals surface area contributed by atoms with Crippen LogP contribution < -0.4 is 76.3 Å². The fraction of sp³-hybridized carbons (Fsp3) is 0.306. The molecule has 0 radical (unpaired) electrons. The van der Waals surface area contributed by atoms with E-state index in [1.54, 1.807) is 49.6 Å². The number of ether oxygens (including phenoxy) is 1. The number of imide groups is 2. The van der Waals surface area contributed by atoms with Gasteiger partial charge >= 0.3 is 59.1 Å². The van der Waals surface area contributed by atoms with E-state index in [0.29, 0.717) is 56.9 Å². The van der Waals surface area contributed by atoms with E-state index >= 15 is 0 Å². The molecule has 0 fully saturated rings. The molecule has 4 aromatic carbocycles. The fourth-order valence-corrected chi connectivity index (χ4v) is 6.12. The first kappa shape index (κ1) is 47.9. The van der Waals surface area contributed by atoms with Crippen LogP contribution in [0.15, 0.2) is 60.7 Å². The first-order valence-corrected chi connectivity index (χ1v) is 15.3. The monoisotopic (exact) mass is 741 g/mol. The topological polar surface area (TPSA) is 120 Å². The van der Waals surface area contributed by atoms with Gasteiger partial charge in [-0.2, -0.15) is 0 Å². The molecule has 2 aliphatic rings. The van der Waals surface area contributed by atoms with Crippen molar-refractivity contribution in [2.45, 2.75) is 12.8 Å². The largest absolute Gasteiger partial charge is 1.00 e. The molecule has 0 aromatic heterocycles. The molecule has 0 bridgehead atoms. The van der Waals surface area contributed by atoms with Crippen molar-refractivity contribution >= 4 is 56.8 Å². The second kappa shape index (κ2) is 20.8. The van der Waals surface area contributed by atoms with Gasteiger partial charge in [-0.3, -0.25) is 29.0 Å². The van der Waals surface area contributed by atoms with E-state index in [2.05, 4.69) is 0 Å². The maximum absolute atomic E-state index is 12.7. The Kier molecular flexibility index (Phi) is 20.0. The SMILES string of the molecule is CN(C)CCCN1C(=O)c2cccc3c(Cl)ccc(c23)C1=O.COc1ccc2c3c(cccc13)C(=O)N(CCCN(C)C)C2=O.[CH3-].[Cl-].[Na+].[Na+].[OH-]. The molecule has 4 aromatic rings. The van der Waals surface area contributed by atoms with Crippen LogP contribution in [0.4, 0.5) is 0 Å². The van der Waals surface area contributed by atoms with Gasteiger partial charge in [-0.25, -0.2) is 0 Å². The van der Waals surface area contributed by atoms with Crippen molar-refractivity contribution in [1.29, 1.82) is 0 Å². The normalized spacial score (nSPS) is 12.7. The van der Waals surface area contributed by atoms with Crippen molar-refractivity contribution in [2.75, 3.05) is 61.5 Å². The van der Waals surface area contributed by atoms with Gasteiger partial charge in [0.25, 0.3) is 23.6 Å². The zero-order chi connectivity index (χ0) is 32.4. The molecular weight excluding hydrogens is 701 g/mol. The first-order valence-electron chi connectivity index (χ1n) is 14.9. The fourth-order valence-electron chi connectivity index (χ4n) is 5.90. The third-order valence-electron chi connectivity index (χ3n) is 8.08. The number of amides is 4. The molecule has 4 amide bonds. The number of hydrogen-bond acceptors (Lipinski definition) is 8. The molecule has 0 aliphatic carbocycles. The van der Waals surface area contributed by atoms with Crippen LogP contribution >= 0.6 is 11.6 Å². The van der Waals surface area contributed by atoms with Crippen LogP contribution in [0.3, 0.4) is 0 Å². The van der Waals surface area contributed by atoms with Crippen LogP contribution in [0.1, 0.15) is 54.3 Å². The molecule has 0 atom stereocenters. The maximum Gasteiger partial charge on any atom is 1.00 e. The van der Waals surface area contributed by atoms with Gasteiger partial charge in [0, 0.05) is 61.9 Å². The van der Waals surface area contributed by atoms with Crippen molar-refractivity contribution < 1.29 is 101 Å². The Labute approximate surface area is 349 Å². The average Bonchev–Trinajstić information content (AvgIpc) is 3.02. The second-order valence-electron chi connectivity index (χ2n) is 11.7. The number of methoxy groups -OCH3 is 1. The van der Waals surface area contributed by atoms with Gasteiger partial charge in [-0.1, -0.05) is 35.9 Å². The summed E-state index contributed by atoms with van der Waals surface area (Å²) in [4.78, 5) is 57.5. The van der Waals surface area contributed by atoms with Crippen LogP contribution in [0.5, 0.6) is 5.75 Å². The van der Waals surface area contributed by atoms with Crippen LogP contribution in [-0.4, -0.2) is 110 Å². The molecule has 0 unspecified atom stereocenters. The number of rotatable bonds is 9. The molecule has 50 heavy (non-hydrogen) atoms. The van der Waals surface area contributed by atoms with E-state index < -0.39 is 0 Å². The zero-order valence-corrected chi connectivity index (χ0v) is 35.6. The molecule has 14 heteroatoms. The molecule has 0 saturated heterocycles. The van der Waals surface area contributed by atoms with Crippen molar-refractivity contribution in [2.24, 2.45) is 0 Å². The molecule has 0 spiro atoms. The van der Waals surface area contributed by atoms with Crippen molar-refractivity contribution in [3.8, 4) is 5.75 Å². The first-order chi connectivity index (χ1) is 21.5. The number of carbonyl (C=O) groups is 4. The summed E-state index contributed by atoms with van der Waals surface area (Å²) in [5.41, 5.74) is 2.25. The third-order valence-corrected chi connectivity index (χ3v) is 8.41.